The first-order valence-electron chi connectivity index (χ1n) is 11.8. The number of imide groups is 2. The predicted molar refractivity (Wildman–Crippen MR) is 127 cm³/mol. The van der Waals surface area contributed by atoms with Gasteiger partial charge in [0.05, 0.1) is 42.0 Å². The van der Waals surface area contributed by atoms with Gasteiger partial charge in [0.1, 0.15) is 11.6 Å². The maximum Gasteiger partial charge on any atom is 0.416 e. The van der Waals surface area contributed by atoms with E-state index in [0.717, 1.165) is 0 Å². The molecule has 0 unspecified atom stereocenters. The zero-order valence-corrected chi connectivity index (χ0v) is 21.0. The molecule has 37 heavy (non-hydrogen) atoms. The summed E-state index contributed by atoms with van der Waals surface area (Å²) in [6, 6.07) is -0.334. The van der Waals surface area contributed by atoms with Crippen molar-refractivity contribution in [2.24, 2.45) is 5.41 Å². The van der Waals surface area contributed by atoms with Crippen LogP contribution in [0.2, 0.25) is 5.02 Å². The molecule has 0 radical (unpaired) electrons. The van der Waals surface area contributed by atoms with E-state index >= 15 is 0 Å². The lowest BCUT2D eigenvalue weighted by atomic mass is 9.66. The molecule has 0 saturated carbocycles. The number of urea groups is 1. The first-order valence-corrected chi connectivity index (χ1v) is 12.2. The third kappa shape index (κ3) is 3.27. The monoisotopic (exact) mass is 533 g/mol. The zero-order valence-electron chi connectivity index (χ0n) is 20.2. The van der Waals surface area contributed by atoms with Crippen molar-refractivity contribution in [1.82, 2.24) is 15.8 Å². The van der Waals surface area contributed by atoms with Crippen LogP contribution in [0.5, 0.6) is 0 Å². The van der Waals surface area contributed by atoms with Crippen molar-refractivity contribution in [1.29, 1.82) is 0 Å². The van der Waals surface area contributed by atoms with E-state index in [9.17, 15) is 19.2 Å². The second-order valence-corrected chi connectivity index (χ2v) is 10.1. The van der Waals surface area contributed by atoms with Crippen LogP contribution in [0.25, 0.3) is 11.0 Å². The highest BCUT2D eigenvalue weighted by atomic mass is 35.5. The van der Waals surface area contributed by atoms with Gasteiger partial charge < -0.3 is 23.6 Å². The summed E-state index contributed by atoms with van der Waals surface area (Å²) in [5.74, 6) is -1.23. The van der Waals surface area contributed by atoms with Gasteiger partial charge >= 0.3 is 12.1 Å². The molecule has 3 fully saturated rings. The van der Waals surface area contributed by atoms with Gasteiger partial charge in [-0.15, -0.1) is 0 Å². The van der Waals surface area contributed by atoms with Crippen molar-refractivity contribution in [2.45, 2.75) is 44.6 Å². The number of benzene rings is 1. The fourth-order valence-corrected chi connectivity index (χ4v) is 6.51. The number of aromatic nitrogens is 1. The van der Waals surface area contributed by atoms with Crippen LogP contribution in [0.1, 0.15) is 19.4 Å². The fraction of sp³-hybridized carbons (Fsp3) is 0.522. The first-order chi connectivity index (χ1) is 17.7. The number of fused-ring (bicyclic) bond motifs is 5. The van der Waals surface area contributed by atoms with Crippen molar-refractivity contribution >= 4 is 58.0 Å². The Bertz CT molecular complexity index is 1340. The number of halogens is 1. The molecule has 1 aromatic heterocycles. The number of ether oxygens (including phenoxy) is 3. The number of nitrogens with zero attached hydrogens (tertiary/aromatic N) is 3. The number of amides is 5. The summed E-state index contributed by atoms with van der Waals surface area (Å²) in [5, 5.41) is 9.29. The Morgan fingerprint density at radius 1 is 1.22 bits per heavy atom. The molecule has 1 spiro atoms. The molecule has 5 amide bonds. The van der Waals surface area contributed by atoms with E-state index in [1.165, 1.54) is 12.0 Å². The standard InChI is InChI=1S/C23H24ClN5O8/c1-9-6-28-15-11(5-23(17(28)10(2)36-9)19(30)25-21(32)26-20(23)31)4-13-16(14(15)24)37-27-18(13)29-12(7-34-3)8-35-22(29)33/h4,9-10,12,17H,5-8H2,1-3H3,(H2,25,26,30,31,32)/t9-,10+,12+,17-/m1/s1. The third-order valence-corrected chi connectivity index (χ3v) is 7.84. The van der Waals surface area contributed by atoms with Crippen LogP contribution >= 0.6 is 11.6 Å². The summed E-state index contributed by atoms with van der Waals surface area (Å²) in [6.07, 6.45) is -1.46. The van der Waals surface area contributed by atoms with E-state index in [-0.39, 0.29) is 42.2 Å². The molecule has 6 rings (SSSR count). The summed E-state index contributed by atoms with van der Waals surface area (Å²) < 4.78 is 22.1. The highest BCUT2D eigenvalue weighted by molar-refractivity contribution is 6.38. The van der Waals surface area contributed by atoms with Crippen LogP contribution in [0.15, 0.2) is 10.6 Å². The van der Waals surface area contributed by atoms with Crippen LogP contribution in [-0.2, 0) is 30.2 Å². The number of hydrogen-bond acceptors (Lipinski definition) is 10. The molecule has 14 heteroatoms. The van der Waals surface area contributed by atoms with E-state index < -0.39 is 47.5 Å². The molecule has 3 saturated heterocycles. The number of rotatable bonds is 3. The first kappa shape index (κ1) is 23.9. The number of cyclic esters (lactones) is 1. The van der Waals surface area contributed by atoms with Gasteiger partial charge in [-0.05, 0) is 31.9 Å². The van der Waals surface area contributed by atoms with Crippen LogP contribution in [-0.4, -0.2) is 80.3 Å². The van der Waals surface area contributed by atoms with E-state index in [1.807, 2.05) is 11.8 Å². The molecular weight excluding hydrogens is 510 g/mol. The number of carbonyl (C=O) groups is 4. The Labute approximate surface area is 215 Å². The van der Waals surface area contributed by atoms with Crippen molar-refractivity contribution in [3.8, 4) is 0 Å². The summed E-state index contributed by atoms with van der Waals surface area (Å²) in [7, 11) is 1.51. The molecule has 13 nitrogen and oxygen atoms in total. The zero-order chi connectivity index (χ0) is 26.2. The van der Waals surface area contributed by atoms with Gasteiger partial charge in [-0.1, -0.05) is 16.8 Å². The predicted octanol–water partition coefficient (Wildman–Crippen LogP) is 1.34. The number of methoxy groups -OCH3 is 1. The van der Waals surface area contributed by atoms with E-state index in [1.54, 1.807) is 13.0 Å². The highest BCUT2D eigenvalue weighted by Gasteiger charge is 2.63. The summed E-state index contributed by atoms with van der Waals surface area (Å²) in [6.45, 7) is 4.32. The van der Waals surface area contributed by atoms with Gasteiger partial charge in [-0.25, -0.2) is 14.5 Å². The topological polar surface area (TPSA) is 153 Å². The lowest BCUT2D eigenvalue weighted by Gasteiger charge is -2.55. The lowest BCUT2D eigenvalue weighted by molar-refractivity contribution is -0.153. The van der Waals surface area contributed by atoms with Gasteiger partial charge in [0, 0.05) is 13.7 Å². The van der Waals surface area contributed by atoms with Crippen molar-refractivity contribution in [3.63, 3.8) is 0 Å². The second kappa shape index (κ2) is 8.30. The van der Waals surface area contributed by atoms with E-state index in [0.29, 0.717) is 23.2 Å². The van der Waals surface area contributed by atoms with Crippen LogP contribution in [0, 0.1) is 5.41 Å². The minimum atomic E-state index is -1.67. The number of hydrogen-bond donors (Lipinski definition) is 2. The summed E-state index contributed by atoms with van der Waals surface area (Å²) >= 11 is 6.92. The van der Waals surface area contributed by atoms with Gasteiger partial charge in [0.2, 0.25) is 11.8 Å². The van der Waals surface area contributed by atoms with Crippen molar-refractivity contribution in [3.05, 3.63) is 16.7 Å². The smallest absolute Gasteiger partial charge is 0.416 e. The molecule has 4 atom stereocenters. The summed E-state index contributed by atoms with van der Waals surface area (Å²) in [5.41, 5.74) is -0.264. The lowest BCUT2D eigenvalue weighted by Crippen LogP contribution is -2.75. The molecule has 0 bridgehead atoms. The minimum absolute atomic E-state index is 0.0667. The normalized spacial score (nSPS) is 28.8. The molecular formula is C23H24ClN5O8. The highest BCUT2D eigenvalue weighted by Crippen LogP contribution is 2.51. The second-order valence-electron chi connectivity index (χ2n) is 9.77. The molecule has 2 aromatic rings. The maximum atomic E-state index is 13.4. The van der Waals surface area contributed by atoms with Gasteiger partial charge in [-0.2, -0.15) is 0 Å². The van der Waals surface area contributed by atoms with Crippen LogP contribution in [0.4, 0.5) is 21.1 Å². The van der Waals surface area contributed by atoms with Gasteiger partial charge in [0.25, 0.3) is 0 Å². The number of anilines is 2. The average molecular weight is 534 g/mol. The number of nitrogens with one attached hydrogen (secondary N) is 2. The molecule has 1 aromatic carbocycles. The Hall–Kier alpha value is -3.42. The SMILES string of the molecule is COC[C@H]1COC(=O)N1c1noc2c(Cl)c3c(cc12)CC1(C(=O)NC(=O)NC1=O)[C@H]1[C@H](C)O[C@H](C)CN31. The number of carbonyl (C=O) groups excluding carboxylic acids is 4. The quantitative estimate of drug-likeness (QED) is 0.553. The summed E-state index contributed by atoms with van der Waals surface area (Å²) in [4.78, 5) is 54.5. The van der Waals surface area contributed by atoms with Crippen molar-refractivity contribution in [2.75, 3.05) is 36.7 Å². The van der Waals surface area contributed by atoms with E-state index in [4.69, 9.17) is 30.3 Å². The molecule has 5 heterocycles. The van der Waals surface area contributed by atoms with Crippen LogP contribution < -0.4 is 20.4 Å². The number of morpholine rings is 1. The number of barbiturate groups is 1. The molecule has 2 N–H and O–H groups in total. The molecule has 0 aliphatic carbocycles. The Morgan fingerprint density at radius 2 is 1.95 bits per heavy atom. The molecule has 4 aliphatic heterocycles. The van der Waals surface area contributed by atoms with Gasteiger partial charge in [-0.3, -0.25) is 20.2 Å². The Morgan fingerprint density at radius 3 is 2.65 bits per heavy atom. The van der Waals surface area contributed by atoms with Crippen molar-refractivity contribution < 1.29 is 37.9 Å². The van der Waals surface area contributed by atoms with Gasteiger partial charge in [0.15, 0.2) is 16.8 Å². The van der Waals surface area contributed by atoms with Crippen LogP contribution in [0.3, 0.4) is 0 Å². The molecule has 196 valence electrons. The molecule has 4 aliphatic rings. The average Bonchev–Trinajstić information content (AvgIpc) is 3.40. The van der Waals surface area contributed by atoms with E-state index in [2.05, 4.69) is 15.8 Å². The third-order valence-electron chi connectivity index (χ3n) is 7.49. The Kier molecular flexibility index (Phi) is 5.37. The maximum absolute atomic E-state index is 13.4. The minimum Gasteiger partial charge on any atom is -0.447 e. The largest absolute Gasteiger partial charge is 0.447 e. The Balaban J connectivity index is 1.55. The fourth-order valence-electron chi connectivity index (χ4n) is 6.15.